The van der Waals surface area contributed by atoms with E-state index >= 15 is 0 Å². The maximum absolute atomic E-state index is 10.5. The Kier molecular flexibility index (Phi) is 3.62. The van der Waals surface area contributed by atoms with Crippen molar-refractivity contribution in [1.29, 1.82) is 0 Å². The summed E-state index contributed by atoms with van der Waals surface area (Å²) in [7, 11) is 1.47. The Morgan fingerprint density at radius 2 is 2.33 bits per heavy atom. The second-order valence-corrected chi connectivity index (χ2v) is 1.60. The zero-order valence-electron chi connectivity index (χ0n) is 5.55. The molecular weight excluding hydrogens is 120 g/mol. The molecule has 1 radical (unpaired) electrons. The maximum atomic E-state index is 10.5. The van der Waals surface area contributed by atoms with Crippen molar-refractivity contribution >= 4 is 12.3 Å². The molecule has 0 aromatic heterocycles. The minimum atomic E-state index is -0.162. The minimum Gasteiger partial charge on any atom is -0.270 e. The Morgan fingerprint density at radius 1 is 1.78 bits per heavy atom. The zero-order valence-corrected chi connectivity index (χ0v) is 5.55. The standard InChI is InChI=1S/C5H10N2O2/c1-3-5(9)6-7(2)4-8/h4H,3H2,1-2H3,(H,6,9)/q+1. The first-order valence-electron chi connectivity index (χ1n) is 2.68. The van der Waals surface area contributed by atoms with Crippen LogP contribution in [0.3, 0.4) is 0 Å². The molecule has 4 heteroatoms. The average molecular weight is 130 g/mol. The normalized spacial score (nSPS) is 9.22. The smallest absolute Gasteiger partial charge is 0.270 e. The molecule has 0 saturated heterocycles. The van der Waals surface area contributed by atoms with Crippen molar-refractivity contribution in [3.05, 3.63) is 0 Å². The highest BCUT2D eigenvalue weighted by molar-refractivity contribution is 5.76. The van der Waals surface area contributed by atoms with Crippen LogP contribution in [0.2, 0.25) is 0 Å². The van der Waals surface area contributed by atoms with Gasteiger partial charge in [0.2, 0.25) is 0 Å². The number of carbonyl (C=O) groups excluding carboxylic acids is 2. The fourth-order valence-corrected chi connectivity index (χ4v) is 0.302. The van der Waals surface area contributed by atoms with E-state index < -0.39 is 0 Å². The lowest BCUT2D eigenvalue weighted by molar-refractivity contribution is -0.127. The summed E-state index contributed by atoms with van der Waals surface area (Å²) in [5.74, 6) is -0.162. The molecule has 9 heavy (non-hydrogen) atoms. The van der Waals surface area contributed by atoms with Gasteiger partial charge in [-0.15, -0.1) is 5.43 Å². The molecule has 0 aliphatic carbocycles. The van der Waals surface area contributed by atoms with E-state index in [0.717, 1.165) is 5.01 Å². The molecule has 4 nitrogen and oxygen atoms in total. The van der Waals surface area contributed by atoms with Crippen LogP contribution in [-0.2, 0) is 9.59 Å². The lowest BCUT2D eigenvalue weighted by atomic mass is 10.5. The molecule has 1 N–H and O–H groups in total. The first-order chi connectivity index (χ1) is 4.20. The predicted octanol–water partition coefficient (Wildman–Crippen LogP) is -0.646. The van der Waals surface area contributed by atoms with Crippen molar-refractivity contribution in [2.45, 2.75) is 13.3 Å². The monoisotopic (exact) mass is 130 g/mol. The van der Waals surface area contributed by atoms with Crippen LogP contribution >= 0.6 is 0 Å². The van der Waals surface area contributed by atoms with Crippen LogP contribution in [0.5, 0.6) is 0 Å². The number of hydrogen-bond donors (Lipinski definition) is 1. The van der Waals surface area contributed by atoms with E-state index in [2.05, 4.69) is 5.43 Å². The highest BCUT2D eigenvalue weighted by Gasteiger charge is 2.07. The van der Waals surface area contributed by atoms with Crippen molar-refractivity contribution in [2.75, 3.05) is 7.05 Å². The summed E-state index contributed by atoms with van der Waals surface area (Å²) in [6, 6.07) is 0. The van der Waals surface area contributed by atoms with E-state index in [4.69, 9.17) is 0 Å². The molecule has 2 amide bonds. The van der Waals surface area contributed by atoms with Gasteiger partial charge in [0.15, 0.2) is 0 Å². The molecule has 0 aromatic rings. The lowest BCUT2D eigenvalue weighted by Gasteiger charge is -1.95. The summed E-state index contributed by atoms with van der Waals surface area (Å²) in [6.45, 7) is 1.72. The summed E-state index contributed by atoms with van der Waals surface area (Å²) in [4.78, 5) is 20.3. The van der Waals surface area contributed by atoms with E-state index in [-0.39, 0.29) is 5.91 Å². The van der Waals surface area contributed by atoms with Gasteiger partial charge in [0.1, 0.15) is 7.05 Å². The van der Waals surface area contributed by atoms with E-state index in [9.17, 15) is 9.59 Å². The van der Waals surface area contributed by atoms with Gasteiger partial charge in [0.25, 0.3) is 5.91 Å². The van der Waals surface area contributed by atoms with Gasteiger partial charge in [-0.25, -0.2) is 4.79 Å². The number of nitrogens with one attached hydrogen (secondary N) is 1. The molecule has 0 fully saturated rings. The minimum absolute atomic E-state index is 0.162. The molecule has 0 aromatic carbocycles. The summed E-state index contributed by atoms with van der Waals surface area (Å²) in [5, 5.41) is 1.08. The average Bonchev–Trinajstić information content (AvgIpc) is 1.87. The second kappa shape index (κ2) is 4.03. The van der Waals surface area contributed by atoms with Crippen LogP contribution < -0.4 is 10.4 Å². The molecule has 0 spiro atoms. The van der Waals surface area contributed by atoms with Crippen LogP contribution in [0.1, 0.15) is 13.3 Å². The van der Waals surface area contributed by atoms with Crippen molar-refractivity contribution in [2.24, 2.45) is 0 Å². The third-order valence-corrected chi connectivity index (χ3v) is 0.780. The van der Waals surface area contributed by atoms with Crippen molar-refractivity contribution in [3.8, 4) is 0 Å². The number of carbonyl (C=O) groups is 2. The fraction of sp³-hybridized carbons (Fsp3) is 0.600. The molecule has 0 saturated carbocycles. The first kappa shape index (κ1) is 8.10. The van der Waals surface area contributed by atoms with Crippen LogP contribution in [0.4, 0.5) is 0 Å². The number of hydrazine groups is 1. The third-order valence-electron chi connectivity index (χ3n) is 0.780. The Labute approximate surface area is 53.8 Å². The van der Waals surface area contributed by atoms with Gasteiger partial charge in [-0.1, -0.05) is 6.92 Å². The third kappa shape index (κ3) is 3.66. The van der Waals surface area contributed by atoms with Gasteiger partial charge in [0.05, 0.1) is 0 Å². The summed E-state index contributed by atoms with van der Waals surface area (Å²) in [5.41, 5.74) is 2.31. The van der Waals surface area contributed by atoms with Crippen molar-refractivity contribution in [1.82, 2.24) is 10.4 Å². The molecule has 51 valence electrons. The van der Waals surface area contributed by atoms with Crippen molar-refractivity contribution in [3.63, 3.8) is 0 Å². The van der Waals surface area contributed by atoms with E-state index in [1.165, 1.54) is 7.05 Å². The molecule has 0 aliphatic heterocycles. The fourth-order valence-electron chi connectivity index (χ4n) is 0.302. The van der Waals surface area contributed by atoms with E-state index in [1.54, 1.807) is 6.92 Å². The molecule has 0 bridgehead atoms. The van der Waals surface area contributed by atoms with Gasteiger partial charge in [-0.3, -0.25) is 4.79 Å². The highest BCUT2D eigenvalue weighted by atomic mass is 16.2. The SMILES string of the molecule is CCC(=O)N[N+](C)C=O. The van der Waals surface area contributed by atoms with Crippen LogP contribution in [0, 0.1) is 0 Å². The summed E-state index contributed by atoms with van der Waals surface area (Å²) in [6.07, 6.45) is 0.922. The number of amides is 2. The Balaban J connectivity index is 3.46. The summed E-state index contributed by atoms with van der Waals surface area (Å²) < 4.78 is 0. The van der Waals surface area contributed by atoms with Crippen LogP contribution in [0.15, 0.2) is 0 Å². The van der Waals surface area contributed by atoms with Gasteiger partial charge in [-0.2, -0.15) is 0 Å². The summed E-state index contributed by atoms with van der Waals surface area (Å²) >= 11 is 0. The maximum Gasteiger partial charge on any atom is 0.376 e. The largest absolute Gasteiger partial charge is 0.376 e. The number of nitrogens with zero attached hydrogens (tertiary/aromatic N) is 1. The van der Waals surface area contributed by atoms with Crippen LogP contribution in [0.25, 0.3) is 0 Å². The number of rotatable bonds is 3. The molecule has 0 heterocycles. The van der Waals surface area contributed by atoms with Crippen LogP contribution in [-0.4, -0.2) is 19.4 Å². The Hall–Kier alpha value is -0.900. The van der Waals surface area contributed by atoms with Gasteiger partial charge < -0.3 is 0 Å². The molecule has 0 rings (SSSR count). The van der Waals surface area contributed by atoms with E-state index in [1.807, 2.05) is 0 Å². The molecule has 0 unspecified atom stereocenters. The highest BCUT2D eigenvalue weighted by Crippen LogP contribution is 1.72. The van der Waals surface area contributed by atoms with Gasteiger partial charge in [0, 0.05) is 11.4 Å². The first-order valence-corrected chi connectivity index (χ1v) is 2.68. The van der Waals surface area contributed by atoms with Gasteiger partial charge in [-0.05, 0) is 0 Å². The molecular formula is C5H10N2O2+. The van der Waals surface area contributed by atoms with Crippen molar-refractivity contribution < 1.29 is 9.59 Å². The Morgan fingerprint density at radius 3 is 2.67 bits per heavy atom. The zero-order chi connectivity index (χ0) is 7.28. The molecule has 0 aliphatic rings. The topological polar surface area (TPSA) is 52.1 Å². The lowest BCUT2D eigenvalue weighted by Crippen LogP contribution is -2.42. The molecule has 0 atom stereocenters. The van der Waals surface area contributed by atoms with E-state index in [0.29, 0.717) is 12.8 Å². The quantitative estimate of drug-likeness (QED) is 0.313. The van der Waals surface area contributed by atoms with Gasteiger partial charge >= 0.3 is 6.41 Å². The second-order valence-electron chi connectivity index (χ2n) is 1.60. The Bertz CT molecular complexity index is 114. The number of hydrogen-bond acceptors (Lipinski definition) is 2. The predicted molar refractivity (Wildman–Crippen MR) is 32.6 cm³/mol.